The highest BCUT2D eigenvalue weighted by Gasteiger charge is 2.36. The maximum Gasteiger partial charge on any atom is 0.192 e. The zero-order chi connectivity index (χ0) is 18.1. The van der Waals surface area contributed by atoms with Gasteiger partial charge in [0.05, 0.1) is 5.41 Å². The van der Waals surface area contributed by atoms with Gasteiger partial charge in [0, 0.05) is 43.0 Å². The number of carbonyl (C=O) groups is 1. The van der Waals surface area contributed by atoms with Crippen molar-refractivity contribution in [3.8, 4) is 0 Å². The molecular weight excluding hydrogens is 360 g/mol. The van der Waals surface area contributed by atoms with E-state index in [1.165, 1.54) is 0 Å². The zero-order valence-corrected chi connectivity index (χ0v) is 15.6. The first-order chi connectivity index (χ1) is 12.6. The average molecular weight is 379 g/mol. The summed E-state index contributed by atoms with van der Waals surface area (Å²) in [5, 5.41) is 3.91. The molecule has 0 spiro atoms. The molecule has 0 atom stereocenters. The van der Waals surface area contributed by atoms with Gasteiger partial charge in [0.25, 0.3) is 0 Å². The van der Waals surface area contributed by atoms with Crippen molar-refractivity contribution < 1.29 is 4.79 Å². The highest BCUT2D eigenvalue weighted by molar-refractivity contribution is 7.12. The molecule has 0 aliphatic heterocycles. The lowest BCUT2D eigenvalue weighted by Crippen LogP contribution is -2.25. The van der Waals surface area contributed by atoms with E-state index in [4.69, 9.17) is 11.5 Å². The van der Waals surface area contributed by atoms with E-state index in [9.17, 15) is 4.79 Å². The number of nitrogens with two attached hydrogens (primary N) is 2. The Labute approximate surface area is 160 Å². The van der Waals surface area contributed by atoms with E-state index in [1.54, 1.807) is 22.7 Å². The summed E-state index contributed by atoms with van der Waals surface area (Å²) in [6.07, 6.45) is 6.79. The van der Waals surface area contributed by atoms with Crippen LogP contribution in [0.1, 0.15) is 26.5 Å². The van der Waals surface area contributed by atoms with Gasteiger partial charge in [-0.25, -0.2) is 0 Å². The number of Topliss-reactive ketones (excluding diaryl/α,β-unsaturated/α-hetero) is 1. The van der Waals surface area contributed by atoms with Gasteiger partial charge in [0.2, 0.25) is 0 Å². The van der Waals surface area contributed by atoms with Crippen LogP contribution in [0.4, 0.5) is 11.4 Å². The van der Waals surface area contributed by atoms with Crippen LogP contribution in [0.3, 0.4) is 0 Å². The molecule has 1 aliphatic carbocycles. The number of hydrogen-bond acceptors (Lipinski definition) is 5. The lowest BCUT2D eigenvalue weighted by Gasteiger charge is -2.30. The van der Waals surface area contributed by atoms with Crippen LogP contribution >= 0.6 is 22.7 Å². The van der Waals surface area contributed by atoms with Gasteiger partial charge in [-0.3, -0.25) is 4.79 Å². The van der Waals surface area contributed by atoms with Crippen molar-refractivity contribution in [2.45, 2.75) is 11.8 Å². The predicted octanol–water partition coefficient (Wildman–Crippen LogP) is 5.03. The third-order valence-electron chi connectivity index (χ3n) is 4.61. The minimum atomic E-state index is -0.314. The first-order valence-corrected chi connectivity index (χ1v) is 10.0. The van der Waals surface area contributed by atoms with Crippen LogP contribution in [0.25, 0.3) is 0 Å². The Morgan fingerprint density at radius 3 is 2.04 bits per heavy atom. The van der Waals surface area contributed by atoms with Crippen molar-refractivity contribution in [3.05, 3.63) is 92.3 Å². The molecule has 0 unspecified atom stereocenters. The maximum atomic E-state index is 12.7. The van der Waals surface area contributed by atoms with Gasteiger partial charge in [-0.2, -0.15) is 0 Å². The summed E-state index contributed by atoms with van der Waals surface area (Å²) in [4.78, 5) is 15.1. The number of hydrogen-bond donors (Lipinski definition) is 2. The molecule has 5 heteroatoms. The van der Waals surface area contributed by atoms with Crippen molar-refractivity contribution in [1.29, 1.82) is 0 Å². The molecule has 1 aromatic carbocycles. The van der Waals surface area contributed by atoms with Crippen LogP contribution in [0.2, 0.25) is 0 Å². The molecule has 2 aromatic heterocycles. The average Bonchev–Trinajstić information content (AvgIpc) is 3.31. The van der Waals surface area contributed by atoms with Crippen molar-refractivity contribution in [2.75, 3.05) is 11.5 Å². The topological polar surface area (TPSA) is 69.1 Å². The number of thiophene rings is 2. The number of carbonyl (C=O) groups excluding carboxylic acids is 1. The van der Waals surface area contributed by atoms with Crippen LogP contribution in [0, 0.1) is 0 Å². The third kappa shape index (κ3) is 2.89. The molecule has 3 nitrogen and oxygen atoms in total. The minimum Gasteiger partial charge on any atom is -0.398 e. The Hall–Kier alpha value is -2.63. The molecule has 26 heavy (non-hydrogen) atoms. The predicted molar refractivity (Wildman–Crippen MR) is 111 cm³/mol. The second-order valence-corrected chi connectivity index (χ2v) is 8.17. The third-order valence-corrected chi connectivity index (χ3v) is 6.86. The molecule has 3 aromatic rings. The standard InChI is InChI=1S/C21H18N2OS2/c22-16-10-18(25-12-16)21(19-11-17(23)13-26-19)8-6-15(7-9-21)20(24)14-4-2-1-3-5-14/h1-8,10-13H,9,22-23H2. The number of anilines is 2. The van der Waals surface area contributed by atoms with Crippen LogP contribution in [0.15, 0.2) is 77.0 Å². The first kappa shape index (κ1) is 16.8. The number of rotatable bonds is 4. The highest BCUT2D eigenvalue weighted by Crippen LogP contribution is 2.46. The van der Waals surface area contributed by atoms with E-state index in [0.717, 1.165) is 26.7 Å². The molecule has 0 amide bonds. The molecule has 0 saturated heterocycles. The quantitative estimate of drug-likeness (QED) is 0.626. The van der Waals surface area contributed by atoms with E-state index in [0.29, 0.717) is 12.0 Å². The monoisotopic (exact) mass is 378 g/mol. The van der Waals surface area contributed by atoms with Crippen molar-refractivity contribution in [2.24, 2.45) is 0 Å². The van der Waals surface area contributed by atoms with Gasteiger partial charge in [0.1, 0.15) is 0 Å². The maximum absolute atomic E-state index is 12.7. The van der Waals surface area contributed by atoms with Gasteiger partial charge < -0.3 is 11.5 Å². The fraction of sp³-hybridized carbons (Fsp3) is 0.0952. The Morgan fingerprint density at radius 2 is 1.58 bits per heavy atom. The van der Waals surface area contributed by atoms with Crippen LogP contribution in [-0.2, 0) is 5.41 Å². The van der Waals surface area contributed by atoms with Gasteiger partial charge >= 0.3 is 0 Å². The van der Waals surface area contributed by atoms with E-state index in [2.05, 4.69) is 6.08 Å². The van der Waals surface area contributed by atoms with Crippen molar-refractivity contribution >= 4 is 39.8 Å². The molecule has 130 valence electrons. The Balaban J connectivity index is 1.72. The summed E-state index contributed by atoms with van der Waals surface area (Å²) >= 11 is 3.28. The van der Waals surface area contributed by atoms with Crippen LogP contribution in [-0.4, -0.2) is 5.78 Å². The summed E-state index contributed by atoms with van der Waals surface area (Å²) < 4.78 is 0. The number of ketones is 1. The molecule has 0 radical (unpaired) electrons. The summed E-state index contributed by atoms with van der Waals surface area (Å²) in [5.41, 5.74) is 14.6. The van der Waals surface area contributed by atoms with Crippen LogP contribution in [0.5, 0.6) is 0 Å². The summed E-state index contributed by atoms with van der Waals surface area (Å²) in [5.74, 6) is 0.0480. The normalized spacial score (nSPS) is 15.6. The smallest absolute Gasteiger partial charge is 0.192 e. The Morgan fingerprint density at radius 1 is 0.962 bits per heavy atom. The van der Waals surface area contributed by atoms with E-state index in [-0.39, 0.29) is 11.2 Å². The second-order valence-electron chi connectivity index (χ2n) is 6.35. The summed E-state index contributed by atoms with van der Waals surface area (Å²) in [7, 11) is 0. The molecule has 2 heterocycles. The molecule has 1 aliphatic rings. The fourth-order valence-electron chi connectivity index (χ4n) is 3.22. The molecule has 4 N–H and O–H groups in total. The molecular formula is C21H18N2OS2. The van der Waals surface area contributed by atoms with Gasteiger partial charge in [0.15, 0.2) is 5.78 Å². The summed E-state index contributed by atoms with van der Waals surface area (Å²) in [6, 6.07) is 13.4. The minimum absolute atomic E-state index is 0.0480. The number of nitrogen functional groups attached to an aromatic ring is 2. The Kier molecular flexibility index (Phi) is 4.26. The molecule has 0 fully saturated rings. The summed E-state index contributed by atoms with van der Waals surface area (Å²) in [6.45, 7) is 0. The molecule has 4 rings (SSSR count). The largest absolute Gasteiger partial charge is 0.398 e. The highest BCUT2D eigenvalue weighted by atomic mass is 32.1. The van der Waals surface area contributed by atoms with Crippen molar-refractivity contribution in [1.82, 2.24) is 0 Å². The van der Waals surface area contributed by atoms with Gasteiger partial charge in [-0.1, -0.05) is 48.6 Å². The van der Waals surface area contributed by atoms with Crippen LogP contribution < -0.4 is 11.5 Å². The molecule has 0 saturated carbocycles. The zero-order valence-electron chi connectivity index (χ0n) is 14.0. The van der Waals surface area contributed by atoms with E-state index in [1.807, 2.05) is 65.4 Å². The number of allylic oxidation sites excluding steroid dienone is 4. The SMILES string of the molecule is Nc1csc(C2(c3cc(N)cs3)C=CC(C(=O)c3ccccc3)=CC2)c1. The van der Waals surface area contributed by atoms with E-state index >= 15 is 0 Å². The first-order valence-electron chi connectivity index (χ1n) is 8.27. The van der Waals surface area contributed by atoms with Crippen molar-refractivity contribution in [3.63, 3.8) is 0 Å². The van der Waals surface area contributed by atoms with E-state index < -0.39 is 0 Å². The lowest BCUT2D eigenvalue weighted by molar-refractivity contribution is 0.103. The van der Waals surface area contributed by atoms with Gasteiger partial charge in [-0.05, 0) is 18.6 Å². The van der Waals surface area contributed by atoms with Gasteiger partial charge in [-0.15, -0.1) is 22.7 Å². The lowest BCUT2D eigenvalue weighted by atomic mass is 9.76. The molecule has 0 bridgehead atoms. The Bertz CT molecular complexity index is 971. The number of benzene rings is 1. The second kappa shape index (κ2) is 6.59. The fourth-order valence-corrected chi connectivity index (χ4v) is 5.30.